The highest BCUT2D eigenvalue weighted by atomic mass is 79.9. The maximum Gasteiger partial charge on any atom is 0.281 e. The van der Waals surface area contributed by atoms with Gasteiger partial charge in [-0.1, -0.05) is 46.3 Å². The Labute approximate surface area is 150 Å². The zero-order valence-corrected chi connectivity index (χ0v) is 14.7. The number of aromatic nitrogens is 1. The number of rotatable bonds is 3. The first-order chi connectivity index (χ1) is 11.6. The molecule has 0 bridgehead atoms. The lowest BCUT2D eigenvalue weighted by molar-refractivity contribution is 0.0849. The Morgan fingerprint density at radius 1 is 0.917 bits per heavy atom. The summed E-state index contributed by atoms with van der Waals surface area (Å²) in [6, 6.07) is 16.4. The van der Waals surface area contributed by atoms with Crippen LogP contribution in [-0.2, 0) is 0 Å². The van der Waals surface area contributed by atoms with E-state index in [4.69, 9.17) is 0 Å². The lowest BCUT2D eigenvalue weighted by Crippen LogP contribution is -2.41. The molecular formula is C17H12BrN3O2S. The average molecular weight is 402 g/mol. The second-order valence-corrected chi connectivity index (χ2v) is 6.76. The number of hydrazine groups is 1. The van der Waals surface area contributed by atoms with Gasteiger partial charge in [0.25, 0.3) is 11.8 Å². The molecule has 0 aliphatic heterocycles. The van der Waals surface area contributed by atoms with E-state index in [1.807, 2.05) is 30.3 Å². The molecule has 3 rings (SSSR count). The second kappa shape index (κ2) is 7.37. The van der Waals surface area contributed by atoms with Crippen LogP contribution in [0.5, 0.6) is 0 Å². The molecule has 24 heavy (non-hydrogen) atoms. The Hall–Kier alpha value is -2.51. The van der Waals surface area contributed by atoms with Crippen molar-refractivity contribution in [3.05, 3.63) is 75.7 Å². The minimum atomic E-state index is -0.403. The Balaban J connectivity index is 1.62. The van der Waals surface area contributed by atoms with Gasteiger partial charge in [-0.3, -0.25) is 20.4 Å². The molecule has 2 amide bonds. The zero-order valence-electron chi connectivity index (χ0n) is 12.3. The molecule has 0 aliphatic rings. The smallest absolute Gasteiger partial charge is 0.267 e. The molecule has 0 atom stereocenters. The fourth-order valence-electron chi connectivity index (χ4n) is 1.94. The number of hydrogen-bond acceptors (Lipinski definition) is 4. The Bertz CT molecular complexity index is 863. The Morgan fingerprint density at radius 3 is 2.29 bits per heavy atom. The first-order valence-corrected chi connectivity index (χ1v) is 8.62. The standard InChI is InChI=1S/C17H12BrN3O2S/c18-13-8-6-11(7-9-13)15(22)20-21-16(23)14-10-19-17(24-14)12-4-2-1-3-5-12/h1-10H,(H,20,22)(H,21,23). The third kappa shape index (κ3) is 3.87. The van der Waals surface area contributed by atoms with Gasteiger partial charge >= 0.3 is 0 Å². The summed E-state index contributed by atoms with van der Waals surface area (Å²) in [6.45, 7) is 0. The molecular weight excluding hydrogens is 390 g/mol. The fraction of sp³-hybridized carbons (Fsp3) is 0. The van der Waals surface area contributed by atoms with E-state index in [1.165, 1.54) is 17.5 Å². The summed E-state index contributed by atoms with van der Waals surface area (Å²) >= 11 is 4.56. The highest BCUT2D eigenvalue weighted by Gasteiger charge is 2.13. The van der Waals surface area contributed by atoms with Gasteiger partial charge in [0, 0.05) is 15.6 Å². The van der Waals surface area contributed by atoms with E-state index in [2.05, 4.69) is 31.8 Å². The number of nitrogens with zero attached hydrogens (tertiary/aromatic N) is 1. The number of amides is 2. The van der Waals surface area contributed by atoms with E-state index in [0.29, 0.717) is 10.4 Å². The van der Waals surface area contributed by atoms with Gasteiger partial charge in [0.15, 0.2) is 0 Å². The van der Waals surface area contributed by atoms with Crippen LogP contribution in [0.3, 0.4) is 0 Å². The van der Waals surface area contributed by atoms with Crippen LogP contribution in [0.4, 0.5) is 0 Å². The number of carbonyl (C=O) groups excluding carboxylic acids is 2. The third-order valence-electron chi connectivity index (χ3n) is 3.15. The molecule has 0 saturated heterocycles. The number of nitrogens with one attached hydrogen (secondary N) is 2. The van der Waals surface area contributed by atoms with Crippen molar-refractivity contribution in [3.63, 3.8) is 0 Å². The predicted octanol–water partition coefficient (Wildman–Crippen LogP) is 3.65. The summed E-state index contributed by atoms with van der Waals surface area (Å²) in [7, 11) is 0. The number of thiazole rings is 1. The van der Waals surface area contributed by atoms with Gasteiger partial charge in [0.2, 0.25) is 0 Å². The van der Waals surface area contributed by atoms with Crippen molar-refractivity contribution in [2.45, 2.75) is 0 Å². The lowest BCUT2D eigenvalue weighted by Gasteiger charge is -2.06. The number of hydrogen-bond donors (Lipinski definition) is 2. The number of carbonyl (C=O) groups is 2. The van der Waals surface area contributed by atoms with E-state index < -0.39 is 5.91 Å². The summed E-state index contributed by atoms with van der Waals surface area (Å²) < 4.78 is 0.876. The van der Waals surface area contributed by atoms with Gasteiger partial charge in [-0.15, -0.1) is 11.3 Å². The Kier molecular flexibility index (Phi) is 5.02. The molecule has 7 heteroatoms. The molecule has 2 aromatic carbocycles. The maximum atomic E-state index is 12.1. The van der Waals surface area contributed by atoms with Gasteiger partial charge < -0.3 is 0 Å². The van der Waals surface area contributed by atoms with Gasteiger partial charge in [-0.2, -0.15) is 0 Å². The van der Waals surface area contributed by atoms with E-state index in [-0.39, 0.29) is 5.91 Å². The molecule has 1 aromatic heterocycles. The molecule has 3 aromatic rings. The molecule has 0 fully saturated rings. The van der Waals surface area contributed by atoms with Crippen LogP contribution in [0.2, 0.25) is 0 Å². The van der Waals surface area contributed by atoms with Crippen LogP contribution in [0, 0.1) is 0 Å². The van der Waals surface area contributed by atoms with Gasteiger partial charge in [-0.05, 0) is 24.3 Å². The lowest BCUT2D eigenvalue weighted by atomic mass is 10.2. The first kappa shape index (κ1) is 16.4. The molecule has 2 N–H and O–H groups in total. The monoisotopic (exact) mass is 401 g/mol. The summed E-state index contributed by atoms with van der Waals surface area (Å²) in [4.78, 5) is 28.7. The van der Waals surface area contributed by atoms with Crippen molar-refractivity contribution < 1.29 is 9.59 Å². The Morgan fingerprint density at radius 2 is 1.58 bits per heavy atom. The van der Waals surface area contributed by atoms with Crippen molar-refractivity contribution in [1.29, 1.82) is 0 Å². The van der Waals surface area contributed by atoms with Gasteiger partial charge in [0.05, 0.1) is 6.20 Å². The van der Waals surface area contributed by atoms with Gasteiger partial charge in [-0.25, -0.2) is 4.98 Å². The highest BCUT2D eigenvalue weighted by Crippen LogP contribution is 2.24. The topological polar surface area (TPSA) is 71.1 Å². The van der Waals surface area contributed by atoms with Crippen LogP contribution in [-0.4, -0.2) is 16.8 Å². The van der Waals surface area contributed by atoms with E-state index in [0.717, 1.165) is 15.0 Å². The molecule has 0 unspecified atom stereocenters. The SMILES string of the molecule is O=C(NNC(=O)c1cnc(-c2ccccc2)s1)c1ccc(Br)cc1. The minimum absolute atomic E-state index is 0.386. The number of benzene rings is 2. The summed E-state index contributed by atoms with van der Waals surface area (Å²) in [5.74, 6) is -0.788. The largest absolute Gasteiger partial charge is 0.281 e. The minimum Gasteiger partial charge on any atom is -0.267 e. The number of halogens is 1. The van der Waals surface area contributed by atoms with Crippen LogP contribution in [0.15, 0.2) is 65.3 Å². The van der Waals surface area contributed by atoms with Crippen molar-refractivity contribution in [3.8, 4) is 10.6 Å². The fourth-order valence-corrected chi connectivity index (χ4v) is 3.02. The van der Waals surface area contributed by atoms with E-state index in [1.54, 1.807) is 24.3 Å². The molecule has 1 heterocycles. The normalized spacial score (nSPS) is 10.2. The van der Waals surface area contributed by atoms with Crippen LogP contribution < -0.4 is 10.9 Å². The van der Waals surface area contributed by atoms with Crippen molar-refractivity contribution in [1.82, 2.24) is 15.8 Å². The van der Waals surface area contributed by atoms with Crippen molar-refractivity contribution in [2.75, 3.05) is 0 Å². The summed E-state index contributed by atoms with van der Waals surface area (Å²) in [6.07, 6.45) is 1.49. The van der Waals surface area contributed by atoms with E-state index >= 15 is 0 Å². The van der Waals surface area contributed by atoms with Crippen molar-refractivity contribution in [2.24, 2.45) is 0 Å². The summed E-state index contributed by atoms with van der Waals surface area (Å²) in [5, 5.41) is 0.750. The molecule has 0 aliphatic carbocycles. The van der Waals surface area contributed by atoms with Crippen LogP contribution >= 0.6 is 27.3 Å². The molecule has 0 radical (unpaired) electrons. The van der Waals surface area contributed by atoms with Gasteiger partial charge in [0.1, 0.15) is 9.88 Å². The van der Waals surface area contributed by atoms with E-state index in [9.17, 15) is 9.59 Å². The molecule has 120 valence electrons. The average Bonchev–Trinajstić information content (AvgIpc) is 3.11. The maximum absolute atomic E-state index is 12.1. The third-order valence-corrected chi connectivity index (χ3v) is 4.72. The molecule has 0 saturated carbocycles. The van der Waals surface area contributed by atoms with Crippen LogP contribution in [0.1, 0.15) is 20.0 Å². The first-order valence-electron chi connectivity index (χ1n) is 7.01. The van der Waals surface area contributed by atoms with Crippen LogP contribution in [0.25, 0.3) is 10.6 Å². The summed E-state index contributed by atoms with van der Waals surface area (Å²) in [5.41, 5.74) is 6.18. The second-order valence-electron chi connectivity index (χ2n) is 4.81. The molecule has 0 spiro atoms. The van der Waals surface area contributed by atoms with Crippen molar-refractivity contribution >= 4 is 39.1 Å². The molecule has 5 nitrogen and oxygen atoms in total. The predicted molar refractivity (Wildman–Crippen MR) is 96.6 cm³/mol. The highest BCUT2D eigenvalue weighted by molar-refractivity contribution is 9.10. The quantitative estimate of drug-likeness (QED) is 0.657. The zero-order chi connectivity index (χ0) is 16.9.